The Morgan fingerprint density at radius 3 is 2.29 bits per heavy atom. The highest BCUT2D eigenvalue weighted by Gasteiger charge is 2.27. The topological polar surface area (TPSA) is 105 Å². The Labute approximate surface area is 200 Å². The first-order valence-electron chi connectivity index (χ1n) is 10.6. The summed E-state index contributed by atoms with van der Waals surface area (Å²) in [5.74, 6) is -2.48. The molecule has 0 saturated carbocycles. The van der Waals surface area contributed by atoms with Crippen LogP contribution in [0, 0.1) is 12.7 Å². The average molecular weight is 492 g/mol. The summed E-state index contributed by atoms with van der Waals surface area (Å²) in [4.78, 5) is 53.1. The molecule has 182 valence electrons. The predicted octanol–water partition coefficient (Wildman–Crippen LogP) is 2.56. The fourth-order valence-corrected chi connectivity index (χ4v) is 4.79. The molecule has 3 rings (SSSR count). The maximum atomic E-state index is 13.9. The van der Waals surface area contributed by atoms with Gasteiger partial charge >= 0.3 is 11.9 Å². The van der Waals surface area contributed by atoms with Crippen LogP contribution in [0.5, 0.6) is 0 Å². The molecule has 2 aromatic rings. The lowest BCUT2D eigenvalue weighted by molar-refractivity contribution is -0.116. The molecule has 0 aliphatic carbocycles. The van der Waals surface area contributed by atoms with Gasteiger partial charge < -0.3 is 19.7 Å². The quantitative estimate of drug-likeness (QED) is 0.594. The van der Waals surface area contributed by atoms with Gasteiger partial charge in [0.25, 0.3) is 5.91 Å². The number of rotatable bonds is 7. The van der Waals surface area contributed by atoms with Gasteiger partial charge in [-0.1, -0.05) is 12.1 Å². The van der Waals surface area contributed by atoms with Crippen molar-refractivity contribution in [3.8, 4) is 0 Å². The zero-order chi connectivity index (χ0) is 24.8. The molecule has 2 amide bonds. The van der Waals surface area contributed by atoms with Crippen LogP contribution in [0.25, 0.3) is 0 Å². The maximum Gasteiger partial charge on any atom is 0.348 e. The zero-order valence-electron chi connectivity index (χ0n) is 19.2. The number of amides is 2. The third-order valence-electron chi connectivity index (χ3n) is 5.58. The van der Waals surface area contributed by atoms with Crippen molar-refractivity contribution >= 4 is 40.1 Å². The molecule has 1 N–H and O–H groups in total. The number of carbonyl (C=O) groups is 4. The van der Waals surface area contributed by atoms with Gasteiger partial charge in [0.2, 0.25) is 5.91 Å². The molecular weight excluding hydrogens is 465 g/mol. The fraction of sp³-hybridized carbons (Fsp3) is 0.391. The summed E-state index contributed by atoms with van der Waals surface area (Å²) in [5.41, 5.74) is 0.561. The third kappa shape index (κ3) is 5.60. The van der Waals surface area contributed by atoms with Crippen molar-refractivity contribution in [2.24, 2.45) is 0 Å². The van der Waals surface area contributed by atoms with E-state index in [4.69, 9.17) is 9.47 Å². The van der Waals surface area contributed by atoms with Crippen molar-refractivity contribution in [3.05, 3.63) is 51.7 Å². The first-order chi connectivity index (χ1) is 16.3. The first-order valence-corrected chi connectivity index (χ1v) is 11.4. The Morgan fingerprint density at radius 2 is 1.68 bits per heavy atom. The number of esters is 2. The number of thiophene rings is 1. The summed E-state index contributed by atoms with van der Waals surface area (Å²) in [6.07, 6.45) is 0.145. The normalized spacial score (nSPS) is 13.9. The van der Waals surface area contributed by atoms with Gasteiger partial charge in [0.15, 0.2) is 0 Å². The number of hydrogen-bond acceptors (Lipinski definition) is 8. The number of carbonyl (C=O) groups excluding carboxylic acids is 4. The van der Waals surface area contributed by atoms with Gasteiger partial charge in [0.05, 0.1) is 25.3 Å². The van der Waals surface area contributed by atoms with E-state index in [2.05, 4.69) is 5.32 Å². The van der Waals surface area contributed by atoms with Crippen LogP contribution < -0.4 is 5.32 Å². The number of benzene rings is 1. The van der Waals surface area contributed by atoms with Gasteiger partial charge in [-0.05, 0) is 24.6 Å². The van der Waals surface area contributed by atoms with E-state index in [-0.39, 0.29) is 39.2 Å². The van der Waals surface area contributed by atoms with Gasteiger partial charge in [-0.15, -0.1) is 11.3 Å². The summed E-state index contributed by atoms with van der Waals surface area (Å²) >= 11 is 0.959. The lowest BCUT2D eigenvalue weighted by Crippen LogP contribution is -2.49. The monoisotopic (exact) mass is 491 g/mol. The number of methoxy groups -OCH3 is 2. The van der Waals surface area contributed by atoms with E-state index >= 15 is 0 Å². The SMILES string of the molecule is COC(=O)c1sc(NC(=O)CCN2CCN(C(=O)c3ccccc3F)CC2)c(C(=O)OC)c1C. The smallest absolute Gasteiger partial charge is 0.348 e. The molecule has 1 aliphatic heterocycles. The Kier molecular flexibility index (Phi) is 8.35. The molecule has 1 aromatic heterocycles. The molecule has 0 radical (unpaired) electrons. The summed E-state index contributed by atoms with van der Waals surface area (Å²) < 4.78 is 23.4. The van der Waals surface area contributed by atoms with Gasteiger partial charge in [0.1, 0.15) is 15.7 Å². The molecule has 0 unspecified atom stereocenters. The predicted molar refractivity (Wildman–Crippen MR) is 124 cm³/mol. The number of halogens is 1. The second kappa shape index (κ2) is 11.2. The molecule has 1 aromatic carbocycles. The van der Waals surface area contributed by atoms with Crippen LogP contribution in [0.2, 0.25) is 0 Å². The van der Waals surface area contributed by atoms with Crippen molar-refractivity contribution in [3.63, 3.8) is 0 Å². The minimum atomic E-state index is -0.658. The van der Waals surface area contributed by atoms with Crippen LogP contribution in [-0.2, 0) is 14.3 Å². The van der Waals surface area contributed by atoms with Crippen LogP contribution in [0.4, 0.5) is 9.39 Å². The van der Waals surface area contributed by atoms with E-state index in [1.165, 1.54) is 32.4 Å². The average Bonchev–Trinajstić information content (AvgIpc) is 3.17. The molecule has 0 bridgehead atoms. The van der Waals surface area contributed by atoms with Crippen LogP contribution in [0.15, 0.2) is 24.3 Å². The molecule has 1 fully saturated rings. The molecular formula is C23H26FN3O6S. The third-order valence-corrected chi connectivity index (χ3v) is 6.77. The molecule has 2 heterocycles. The minimum absolute atomic E-state index is 0.0503. The maximum absolute atomic E-state index is 13.9. The van der Waals surface area contributed by atoms with Crippen LogP contribution in [0.1, 0.15) is 42.4 Å². The van der Waals surface area contributed by atoms with Crippen molar-refractivity contribution in [1.29, 1.82) is 0 Å². The summed E-state index contributed by atoms with van der Waals surface area (Å²) in [6, 6.07) is 5.89. The second-order valence-corrected chi connectivity index (χ2v) is 8.68. The first kappa shape index (κ1) is 25.3. The van der Waals surface area contributed by atoms with E-state index in [1.807, 2.05) is 4.90 Å². The Hall–Kier alpha value is -3.31. The highest BCUT2D eigenvalue weighted by molar-refractivity contribution is 7.18. The number of ether oxygens (including phenoxy) is 2. The van der Waals surface area contributed by atoms with Crippen molar-refractivity contribution < 1.29 is 33.0 Å². The van der Waals surface area contributed by atoms with Gasteiger partial charge in [-0.25, -0.2) is 14.0 Å². The van der Waals surface area contributed by atoms with Crippen LogP contribution in [0.3, 0.4) is 0 Å². The Morgan fingerprint density at radius 1 is 1.03 bits per heavy atom. The van der Waals surface area contributed by atoms with Crippen LogP contribution >= 0.6 is 11.3 Å². The zero-order valence-corrected chi connectivity index (χ0v) is 20.0. The molecule has 9 nitrogen and oxygen atoms in total. The largest absolute Gasteiger partial charge is 0.465 e. The summed E-state index contributed by atoms with van der Waals surface area (Å²) in [6.45, 7) is 3.97. The van der Waals surface area contributed by atoms with E-state index in [0.717, 1.165) is 11.3 Å². The van der Waals surface area contributed by atoms with Crippen LogP contribution in [-0.4, -0.2) is 80.5 Å². The number of piperazine rings is 1. The number of anilines is 1. The molecule has 11 heteroatoms. The van der Waals surface area contributed by atoms with E-state index in [1.54, 1.807) is 17.9 Å². The van der Waals surface area contributed by atoms with Crippen molar-refractivity contribution in [1.82, 2.24) is 9.80 Å². The lowest BCUT2D eigenvalue weighted by Gasteiger charge is -2.34. The standard InChI is InChI=1S/C23H26FN3O6S/c1-14-18(22(30)32-2)20(34-19(14)23(31)33-3)25-17(28)8-9-26-10-12-27(13-11-26)21(29)15-6-4-5-7-16(15)24/h4-7H,8-13H2,1-3H3,(H,25,28). The van der Waals surface area contributed by atoms with Gasteiger partial charge in [0, 0.05) is 39.1 Å². The van der Waals surface area contributed by atoms with E-state index in [9.17, 15) is 23.6 Å². The van der Waals surface area contributed by atoms with Gasteiger partial charge in [-0.2, -0.15) is 0 Å². The Bertz CT molecular complexity index is 1090. The summed E-state index contributed by atoms with van der Waals surface area (Å²) in [7, 11) is 2.46. The van der Waals surface area contributed by atoms with Crippen molar-refractivity contribution in [2.75, 3.05) is 52.3 Å². The number of nitrogens with zero attached hydrogens (tertiary/aromatic N) is 2. The number of nitrogens with one attached hydrogen (secondary N) is 1. The Balaban J connectivity index is 1.55. The number of hydrogen-bond donors (Lipinski definition) is 1. The highest BCUT2D eigenvalue weighted by atomic mass is 32.1. The molecule has 34 heavy (non-hydrogen) atoms. The molecule has 0 spiro atoms. The molecule has 0 atom stereocenters. The lowest BCUT2D eigenvalue weighted by atomic mass is 10.1. The van der Waals surface area contributed by atoms with Crippen molar-refractivity contribution in [2.45, 2.75) is 13.3 Å². The second-order valence-electron chi connectivity index (χ2n) is 7.66. The molecule has 1 saturated heterocycles. The fourth-order valence-electron chi connectivity index (χ4n) is 3.67. The van der Waals surface area contributed by atoms with E-state index < -0.39 is 17.8 Å². The van der Waals surface area contributed by atoms with Gasteiger partial charge in [-0.3, -0.25) is 14.5 Å². The van der Waals surface area contributed by atoms with E-state index in [0.29, 0.717) is 38.3 Å². The molecule has 1 aliphatic rings. The summed E-state index contributed by atoms with van der Waals surface area (Å²) in [5, 5.41) is 2.93. The highest BCUT2D eigenvalue weighted by Crippen LogP contribution is 2.34. The minimum Gasteiger partial charge on any atom is -0.465 e.